The summed E-state index contributed by atoms with van der Waals surface area (Å²) in [6.45, 7) is 3.62. The average molecular weight is 250 g/mol. The number of benzene rings is 1. The third-order valence-electron chi connectivity index (χ3n) is 3.31. The van der Waals surface area contributed by atoms with E-state index < -0.39 is 6.10 Å². The molecule has 18 heavy (non-hydrogen) atoms. The summed E-state index contributed by atoms with van der Waals surface area (Å²) in [7, 11) is 0. The predicted octanol–water partition coefficient (Wildman–Crippen LogP) is 1.05. The van der Waals surface area contributed by atoms with Crippen LogP contribution in [0.15, 0.2) is 24.3 Å². The molecular formula is C14H22N2O2. The SMILES string of the molecule is OCC(O)CNc1ccc(CN2CCCC2)cc1. The zero-order chi connectivity index (χ0) is 12.8. The van der Waals surface area contributed by atoms with Crippen molar-refractivity contribution in [3.8, 4) is 0 Å². The highest BCUT2D eigenvalue weighted by Crippen LogP contribution is 2.15. The summed E-state index contributed by atoms with van der Waals surface area (Å²) in [5.74, 6) is 0. The molecule has 1 saturated heterocycles. The van der Waals surface area contributed by atoms with Crippen molar-refractivity contribution in [2.75, 3.05) is 31.6 Å². The van der Waals surface area contributed by atoms with Crippen LogP contribution >= 0.6 is 0 Å². The smallest absolute Gasteiger partial charge is 0.0942 e. The molecule has 3 N–H and O–H groups in total. The number of hydrogen-bond donors (Lipinski definition) is 3. The first-order valence-electron chi connectivity index (χ1n) is 6.62. The number of anilines is 1. The highest BCUT2D eigenvalue weighted by Gasteiger charge is 2.11. The van der Waals surface area contributed by atoms with Crippen molar-refractivity contribution in [3.63, 3.8) is 0 Å². The number of aliphatic hydroxyl groups is 2. The molecule has 4 nitrogen and oxygen atoms in total. The van der Waals surface area contributed by atoms with Crippen molar-refractivity contribution in [1.82, 2.24) is 4.90 Å². The van der Waals surface area contributed by atoms with Crippen LogP contribution in [0.1, 0.15) is 18.4 Å². The highest BCUT2D eigenvalue weighted by atomic mass is 16.3. The van der Waals surface area contributed by atoms with E-state index in [4.69, 9.17) is 5.11 Å². The molecule has 1 fully saturated rings. The number of aliphatic hydroxyl groups excluding tert-OH is 2. The Bertz CT molecular complexity index is 347. The van der Waals surface area contributed by atoms with Crippen LogP contribution in [0.2, 0.25) is 0 Å². The van der Waals surface area contributed by atoms with Crippen LogP contribution in [0.4, 0.5) is 5.69 Å². The molecular weight excluding hydrogens is 228 g/mol. The summed E-state index contributed by atoms with van der Waals surface area (Å²) < 4.78 is 0. The molecule has 0 aromatic heterocycles. The maximum atomic E-state index is 9.24. The zero-order valence-corrected chi connectivity index (χ0v) is 10.7. The van der Waals surface area contributed by atoms with E-state index >= 15 is 0 Å². The minimum atomic E-state index is -0.700. The fraction of sp³-hybridized carbons (Fsp3) is 0.571. The third kappa shape index (κ3) is 3.98. The zero-order valence-electron chi connectivity index (χ0n) is 10.7. The number of likely N-dealkylation sites (tertiary alicyclic amines) is 1. The van der Waals surface area contributed by atoms with Crippen LogP contribution in [0.3, 0.4) is 0 Å². The van der Waals surface area contributed by atoms with E-state index in [1.165, 1.54) is 31.5 Å². The Morgan fingerprint density at radius 1 is 1.17 bits per heavy atom. The van der Waals surface area contributed by atoms with Gasteiger partial charge in [0.25, 0.3) is 0 Å². The predicted molar refractivity (Wildman–Crippen MR) is 72.5 cm³/mol. The lowest BCUT2D eigenvalue weighted by molar-refractivity contribution is 0.105. The summed E-state index contributed by atoms with van der Waals surface area (Å²) in [5.41, 5.74) is 2.30. The molecule has 1 atom stereocenters. The van der Waals surface area contributed by atoms with E-state index in [9.17, 15) is 5.11 Å². The first kappa shape index (κ1) is 13.3. The standard InChI is InChI=1S/C14H22N2O2/c17-11-14(18)9-15-13-5-3-12(4-6-13)10-16-7-1-2-8-16/h3-6,14-15,17-18H,1-2,7-11H2. The molecule has 1 aliphatic rings. The van der Waals surface area contributed by atoms with Crippen LogP contribution in [0, 0.1) is 0 Å². The second-order valence-electron chi connectivity index (χ2n) is 4.90. The van der Waals surface area contributed by atoms with Crippen molar-refractivity contribution in [1.29, 1.82) is 0 Å². The second-order valence-corrected chi connectivity index (χ2v) is 4.90. The monoisotopic (exact) mass is 250 g/mol. The molecule has 1 aromatic carbocycles. The number of nitrogens with zero attached hydrogens (tertiary/aromatic N) is 1. The number of hydrogen-bond acceptors (Lipinski definition) is 4. The molecule has 1 aliphatic heterocycles. The van der Waals surface area contributed by atoms with Gasteiger partial charge in [-0.05, 0) is 43.6 Å². The molecule has 1 aromatic rings. The van der Waals surface area contributed by atoms with Crippen molar-refractivity contribution in [2.24, 2.45) is 0 Å². The van der Waals surface area contributed by atoms with Gasteiger partial charge in [-0.15, -0.1) is 0 Å². The fourth-order valence-corrected chi connectivity index (χ4v) is 2.23. The molecule has 4 heteroatoms. The van der Waals surface area contributed by atoms with Gasteiger partial charge in [0, 0.05) is 18.8 Å². The molecule has 1 unspecified atom stereocenters. The van der Waals surface area contributed by atoms with Crippen LogP contribution in [0.25, 0.3) is 0 Å². The summed E-state index contributed by atoms with van der Waals surface area (Å²) >= 11 is 0. The minimum absolute atomic E-state index is 0.208. The maximum absolute atomic E-state index is 9.24. The van der Waals surface area contributed by atoms with E-state index in [0.29, 0.717) is 6.54 Å². The normalized spacial score (nSPS) is 17.9. The van der Waals surface area contributed by atoms with E-state index in [2.05, 4.69) is 22.3 Å². The van der Waals surface area contributed by atoms with Crippen LogP contribution in [-0.2, 0) is 6.54 Å². The molecule has 2 rings (SSSR count). The quantitative estimate of drug-likeness (QED) is 0.706. The van der Waals surface area contributed by atoms with Gasteiger partial charge in [-0.25, -0.2) is 0 Å². The van der Waals surface area contributed by atoms with Crippen molar-refractivity contribution in [3.05, 3.63) is 29.8 Å². The average Bonchev–Trinajstić information content (AvgIpc) is 2.90. The van der Waals surface area contributed by atoms with Gasteiger partial charge in [-0.1, -0.05) is 12.1 Å². The molecule has 0 radical (unpaired) electrons. The lowest BCUT2D eigenvalue weighted by atomic mass is 10.2. The fourth-order valence-electron chi connectivity index (χ4n) is 2.23. The van der Waals surface area contributed by atoms with Gasteiger partial charge < -0.3 is 15.5 Å². The first-order chi connectivity index (χ1) is 8.78. The first-order valence-corrected chi connectivity index (χ1v) is 6.62. The molecule has 0 amide bonds. The molecule has 0 saturated carbocycles. The Hall–Kier alpha value is -1.10. The van der Waals surface area contributed by atoms with Crippen molar-refractivity contribution >= 4 is 5.69 Å². The Labute approximate surface area is 108 Å². The molecule has 1 heterocycles. The topological polar surface area (TPSA) is 55.7 Å². The van der Waals surface area contributed by atoms with Gasteiger partial charge in [0.15, 0.2) is 0 Å². The van der Waals surface area contributed by atoms with Gasteiger partial charge in [-0.2, -0.15) is 0 Å². The Balaban J connectivity index is 1.81. The van der Waals surface area contributed by atoms with Crippen LogP contribution < -0.4 is 5.32 Å². The van der Waals surface area contributed by atoms with Crippen LogP contribution in [0.5, 0.6) is 0 Å². The Kier molecular flexibility index (Phi) is 4.99. The maximum Gasteiger partial charge on any atom is 0.0942 e. The molecule has 0 bridgehead atoms. The lowest BCUT2D eigenvalue weighted by Gasteiger charge is -2.15. The van der Waals surface area contributed by atoms with E-state index in [1.807, 2.05) is 12.1 Å². The summed E-state index contributed by atoms with van der Waals surface area (Å²) in [6.07, 6.45) is 1.94. The Morgan fingerprint density at radius 3 is 2.44 bits per heavy atom. The largest absolute Gasteiger partial charge is 0.394 e. The van der Waals surface area contributed by atoms with E-state index in [-0.39, 0.29) is 6.61 Å². The second kappa shape index (κ2) is 6.73. The van der Waals surface area contributed by atoms with Crippen molar-refractivity contribution < 1.29 is 10.2 Å². The Morgan fingerprint density at radius 2 is 1.83 bits per heavy atom. The summed E-state index contributed by atoms with van der Waals surface area (Å²) in [6, 6.07) is 8.28. The number of rotatable bonds is 6. The number of nitrogens with one attached hydrogen (secondary N) is 1. The lowest BCUT2D eigenvalue weighted by Crippen LogP contribution is -2.23. The summed E-state index contributed by atoms with van der Waals surface area (Å²) in [4.78, 5) is 2.47. The highest BCUT2D eigenvalue weighted by molar-refractivity contribution is 5.44. The van der Waals surface area contributed by atoms with Gasteiger partial charge in [-0.3, -0.25) is 4.90 Å². The molecule has 0 aliphatic carbocycles. The minimum Gasteiger partial charge on any atom is -0.394 e. The van der Waals surface area contributed by atoms with E-state index in [0.717, 1.165) is 12.2 Å². The van der Waals surface area contributed by atoms with Gasteiger partial charge in [0.05, 0.1) is 12.7 Å². The van der Waals surface area contributed by atoms with Gasteiger partial charge in [0.2, 0.25) is 0 Å². The van der Waals surface area contributed by atoms with Crippen molar-refractivity contribution in [2.45, 2.75) is 25.5 Å². The van der Waals surface area contributed by atoms with E-state index in [1.54, 1.807) is 0 Å². The van der Waals surface area contributed by atoms with Gasteiger partial charge >= 0.3 is 0 Å². The third-order valence-corrected chi connectivity index (χ3v) is 3.31. The molecule has 0 spiro atoms. The summed E-state index contributed by atoms with van der Waals surface area (Å²) in [5, 5.41) is 21.1. The molecule has 100 valence electrons. The van der Waals surface area contributed by atoms with Crippen LogP contribution in [-0.4, -0.2) is 47.5 Å². The van der Waals surface area contributed by atoms with Gasteiger partial charge in [0.1, 0.15) is 0 Å².